The van der Waals surface area contributed by atoms with Crippen molar-refractivity contribution in [3.05, 3.63) is 23.8 Å². The SMILES string of the molecule is O=C(N[C@H]1CCNC1)C1=CN(c2ncnc3nc[nH]c23)CCS1. The Kier molecular flexibility index (Phi) is 3.88. The average molecular weight is 331 g/mol. The first-order valence-electron chi connectivity index (χ1n) is 7.58. The summed E-state index contributed by atoms with van der Waals surface area (Å²) in [7, 11) is 0. The number of hydrogen-bond donors (Lipinski definition) is 3. The van der Waals surface area contributed by atoms with Crippen LogP contribution >= 0.6 is 11.8 Å². The highest BCUT2D eigenvalue weighted by Gasteiger charge is 2.23. The summed E-state index contributed by atoms with van der Waals surface area (Å²) in [5, 5.41) is 6.34. The van der Waals surface area contributed by atoms with E-state index in [-0.39, 0.29) is 11.9 Å². The summed E-state index contributed by atoms with van der Waals surface area (Å²) in [5.41, 5.74) is 1.42. The highest BCUT2D eigenvalue weighted by molar-refractivity contribution is 8.04. The number of H-pyrrole nitrogens is 1. The maximum absolute atomic E-state index is 12.4. The first-order chi connectivity index (χ1) is 11.3. The lowest BCUT2D eigenvalue weighted by atomic mass is 10.2. The number of carbonyl (C=O) groups excluding carboxylic acids is 1. The van der Waals surface area contributed by atoms with Crippen LogP contribution < -0.4 is 15.5 Å². The second kappa shape index (κ2) is 6.17. The Hall–Kier alpha value is -2.13. The van der Waals surface area contributed by atoms with Gasteiger partial charge in [0.15, 0.2) is 11.5 Å². The average Bonchev–Trinajstić information content (AvgIpc) is 3.25. The molecule has 1 atom stereocenters. The third kappa shape index (κ3) is 2.89. The molecule has 4 rings (SSSR count). The number of rotatable bonds is 3. The molecule has 4 heterocycles. The van der Waals surface area contributed by atoms with Crippen molar-refractivity contribution >= 4 is 34.7 Å². The fourth-order valence-electron chi connectivity index (χ4n) is 2.79. The molecule has 0 aliphatic carbocycles. The summed E-state index contributed by atoms with van der Waals surface area (Å²) in [5.74, 6) is 1.57. The predicted octanol–water partition coefficient (Wildman–Crippen LogP) is 0.226. The van der Waals surface area contributed by atoms with Crippen LogP contribution in [0.25, 0.3) is 11.2 Å². The Bertz CT molecular complexity index is 752. The minimum Gasteiger partial charge on any atom is -0.347 e. The van der Waals surface area contributed by atoms with E-state index in [9.17, 15) is 4.79 Å². The molecule has 2 aromatic heterocycles. The summed E-state index contributed by atoms with van der Waals surface area (Å²) in [6.07, 6.45) is 5.95. The number of imidazole rings is 1. The number of thioether (sulfide) groups is 1. The number of fused-ring (bicyclic) bond motifs is 1. The van der Waals surface area contributed by atoms with Crippen LogP contribution in [0.15, 0.2) is 23.8 Å². The Morgan fingerprint density at radius 1 is 1.39 bits per heavy atom. The van der Waals surface area contributed by atoms with Gasteiger partial charge in [0, 0.05) is 31.1 Å². The molecule has 0 radical (unpaired) electrons. The number of aromatic amines is 1. The van der Waals surface area contributed by atoms with Crippen LogP contribution in [-0.2, 0) is 4.79 Å². The molecule has 8 nitrogen and oxygen atoms in total. The van der Waals surface area contributed by atoms with Gasteiger partial charge in [0.25, 0.3) is 5.91 Å². The molecule has 0 bridgehead atoms. The number of carbonyl (C=O) groups is 1. The lowest BCUT2D eigenvalue weighted by molar-refractivity contribution is -0.117. The van der Waals surface area contributed by atoms with Gasteiger partial charge in [-0.15, -0.1) is 11.8 Å². The van der Waals surface area contributed by atoms with E-state index in [1.807, 2.05) is 11.1 Å². The van der Waals surface area contributed by atoms with Gasteiger partial charge in [-0.25, -0.2) is 15.0 Å². The standard InChI is InChI=1S/C14H17N7OS/c22-14(20-9-1-2-15-5-9)10-6-21(3-4-23-10)13-11-12(17-7-16-11)18-8-19-13/h6-9,15H,1-5H2,(H,20,22)(H,16,17,18,19)/t9-/m0/s1. The topological polar surface area (TPSA) is 98.8 Å². The van der Waals surface area contributed by atoms with E-state index in [2.05, 4.69) is 30.6 Å². The van der Waals surface area contributed by atoms with E-state index in [4.69, 9.17) is 0 Å². The number of amides is 1. The van der Waals surface area contributed by atoms with Gasteiger partial charge in [-0.1, -0.05) is 0 Å². The Morgan fingerprint density at radius 2 is 2.35 bits per heavy atom. The fourth-order valence-corrected chi connectivity index (χ4v) is 3.69. The van der Waals surface area contributed by atoms with Gasteiger partial charge in [-0.05, 0) is 13.0 Å². The second-order valence-corrected chi connectivity index (χ2v) is 6.63. The van der Waals surface area contributed by atoms with Crippen molar-refractivity contribution in [2.45, 2.75) is 12.5 Å². The number of anilines is 1. The molecule has 2 aliphatic rings. The molecule has 2 aliphatic heterocycles. The van der Waals surface area contributed by atoms with Crippen molar-refractivity contribution in [1.82, 2.24) is 30.6 Å². The normalized spacial score (nSPS) is 21.5. The molecule has 0 aromatic carbocycles. The highest BCUT2D eigenvalue weighted by atomic mass is 32.2. The zero-order valence-electron chi connectivity index (χ0n) is 12.5. The molecule has 23 heavy (non-hydrogen) atoms. The summed E-state index contributed by atoms with van der Waals surface area (Å²) >= 11 is 1.58. The third-order valence-corrected chi connectivity index (χ3v) is 4.95. The number of hydrogen-bond acceptors (Lipinski definition) is 7. The van der Waals surface area contributed by atoms with Gasteiger partial charge in [0.1, 0.15) is 11.8 Å². The monoisotopic (exact) mass is 331 g/mol. The molecular formula is C14H17N7OS. The molecule has 3 N–H and O–H groups in total. The molecule has 1 saturated heterocycles. The lowest BCUT2D eigenvalue weighted by Gasteiger charge is -2.25. The van der Waals surface area contributed by atoms with Gasteiger partial charge in [0.2, 0.25) is 0 Å². The van der Waals surface area contributed by atoms with Crippen molar-refractivity contribution in [1.29, 1.82) is 0 Å². The molecule has 120 valence electrons. The maximum atomic E-state index is 12.4. The summed E-state index contributed by atoms with van der Waals surface area (Å²) < 4.78 is 0. The van der Waals surface area contributed by atoms with Crippen molar-refractivity contribution in [3.63, 3.8) is 0 Å². The third-order valence-electron chi connectivity index (χ3n) is 3.96. The summed E-state index contributed by atoms with van der Waals surface area (Å²) in [6, 6.07) is 0.220. The summed E-state index contributed by atoms with van der Waals surface area (Å²) in [4.78, 5) is 30.8. The number of nitrogens with zero attached hydrogens (tertiary/aromatic N) is 4. The minimum atomic E-state index is -0.0108. The van der Waals surface area contributed by atoms with E-state index in [0.29, 0.717) is 5.65 Å². The van der Waals surface area contributed by atoms with Gasteiger partial charge < -0.3 is 20.5 Å². The Morgan fingerprint density at radius 3 is 3.22 bits per heavy atom. The van der Waals surface area contributed by atoms with Crippen LogP contribution in [0.5, 0.6) is 0 Å². The molecule has 1 amide bonds. The molecule has 0 unspecified atom stereocenters. The molecular weight excluding hydrogens is 314 g/mol. The van der Waals surface area contributed by atoms with E-state index in [1.165, 1.54) is 6.33 Å². The van der Waals surface area contributed by atoms with Crippen LogP contribution in [0.1, 0.15) is 6.42 Å². The van der Waals surface area contributed by atoms with E-state index in [1.54, 1.807) is 18.1 Å². The van der Waals surface area contributed by atoms with Gasteiger partial charge in [-0.3, -0.25) is 4.79 Å². The maximum Gasteiger partial charge on any atom is 0.259 e. The van der Waals surface area contributed by atoms with Crippen LogP contribution in [-0.4, -0.2) is 57.3 Å². The largest absolute Gasteiger partial charge is 0.347 e. The zero-order valence-corrected chi connectivity index (χ0v) is 13.3. The van der Waals surface area contributed by atoms with Crippen molar-refractivity contribution < 1.29 is 4.79 Å². The van der Waals surface area contributed by atoms with Crippen LogP contribution in [0.2, 0.25) is 0 Å². The van der Waals surface area contributed by atoms with Crippen LogP contribution in [0.4, 0.5) is 5.82 Å². The fraction of sp³-hybridized carbons (Fsp3) is 0.429. The molecule has 0 saturated carbocycles. The van der Waals surface area contributed by atoms with Crippen molar-refractivity contribution in [3.8, 4) is 0 Å². The van der Waals surface area contributed by atoms with Crippen molar-refractivity contribution in [2.24, 2.45) is 0 Å². The summed E-state index contributed by atoms with van der Waals surface area (Å²) in [6.45, 7) is 2.59. The van der Waals surface area contributed by atoms with Crippen LogP contribution in [0, 0.1) is 0 Å². The lowest BCUT2D eigenvalue weighted by Crippen LogP contribution is -2.38. The Balaban J connectivity index is 1.57. The first kappa shape index (κ1) is 14.5. The van der Waals surface area contributed by atoms with E-state index < -0.39 is 0 Å². The predicted molar refractivity (Wildman–Crippen MR) is 89.0 cm³/mol. The quantitative estimate of drug-likeness (QED) is 0.740. The van der Waals surface area contributed by atoms with Crippen molar-refractivity contribution in [2.75, 3.05) is 30.3 Å². The molecule has 9 heteroatoms. The molecule has 1 fully saturated rings. The minimum absolute atomic E-state index is 0.0108. The number of nitrogens with one attached hydrogen (secondary N) is 3. The highest BCUT2D eigenvalue weighted by Crippen LogP contribution is 2.28. The molecule has 0 spiro atoms. The smallest absolute Gasteiger partial charge is 0.259 e. The zero-order chi connectivity index (χ0) is 15.6. The van der Waals surface area contributed by atoms with Gasteiger partial charge in [0.05, 0.1) is 11.2 Å². The van der Waals surface area contributed by atoms with Crippen LogP contribution in [0.3, 0.4) is 0 Å². The number of aromatic nitrogens is 4. The first-order valence-corrected chi connectivity index (χ1v) is 8.57. The van der Waals surface area contributed by atoms with E-state index >= 15 is 0 Å². The van der Waals surface area contributed by atoms with Gasteiger partial charge in [-0.2, -0.15) is 0 Å². The second-order valence-electron chi connectivity index (χ2n) is 5.50. The Labute approximate surface area is 137 Å². The van der Waals surface area contributed by atoms with E-state index in [0.717, 1.165) is 48.0 Å². The van der Waals surface area contributed by atoms with Gasteiger partial charge >= 0.3 is 0 Å². The molecule has 2 aromatic rings.